The van der Waals surface area contributed by atoms with Gasteiger partial charge in [0.15, 0.2) is 25.2 Å². The lowest BCUT2D eigenvalue weighted by Crippen LogP contribution is -2.71. The highest BCUT2D eigenvalue weighted by Gasteiger charge is 2.53. The van der Waals surface area contributed by atoms with Gasteiger partial charge in [-0.15, -0.1) is 11.8 Å². The number of nitrogens with two attached hydrogens (primary N) is 1. The SMILES string of the molecule is CC(C)(ON=C(C(=O)NC1C(=O)N2C(C(=O)[O-])=C(C[n+]3ccc4c(c3)OCN4)CS[C@H]12)c1cc(N)sn1)C(=O)O. The highest BCUT2D eigenvalue weighted by molar-refractivity contribution is 8.00. The predicted octanol–water partition coefficient (Wildman–Crippen LogP) is -1.54. The summed E-state index contributed by atoms with van der Waals surface area (Å²) in [5.41, 5.74) is 4.61. The van der Waals surface area contributed by atoms with Crippen LogP contribution >= 0.6 is 23.3 Å². The molecule has 40 heavy (non-hydrogen) atoms. The van der Waals surface area contributed by atoms with Gasteiger partial charge in [0.25, 0.3) is 11.8 Å². The van der Waals surface area contributed by atoms with Gasteiger partial charge < -0.3 is 40.9 Å². The van der Waals surface area contributed by atoms with Crippen LogP contribution in [0.15, 0.2) is 41.0 Å². The normalized spacial score (nSPS) is 20.1. The first-order valence-corrected chi connectivity index (χ1v) is 13.6. The maximum absolute atomic E-state index is 13.2. The van der Waals surface area contributed by atoms with Crippen molar-refractivity contribution in [2.75, 3.05) is 23.5 Å². The Kier molecular flexibility index (Phi) is 7.01. The number of carbonyl (C=O) groups is 4. The number of oxime groups is 1. The van der Waals surface area contributed by atoms with Crippen molar-refractivity contribution in [2.45, 2.75) is 37.4 Å². The van der Waals surface area contributed by atoms with Gasteiger partial charge in [-0.25, -0.2) is 4.79 Å². The van der Waals surface area contributed by atoms with E-state index in [9.17, 15) is 29.4 Å². The predicted molar refractivity (Wildman–Crippen MR) is 139 cm³/mol. The molecule has 0 bridgehead atoms. The number of aliphatic carboxylic acids is 2. The average molecular weight is 590 g/mol. The number of ether oxygens (including phenoxy) is 1. The molecule has 5 N–H and O–H groups in total. The molecule has 0 saturated carbocycles. The summed E-state index contributed by atoms with van der Waals surface area (Å²) in [7, 11) is 0. The molecule has 2 aromatic heterocycles. The lowest BCUT2D eigenvalue weighted by molar-refractivity contribution is -0.689. The van der Waals surface area contributed by atoms with Crippen LogP contribution in [0.2, 0.25) is 0 Å². The van der Waals surface area contributed by atoms with E-state index >= 15 is 0 Å². The van der Waals surface area contributed by atoms with E-state index in [1.807, 2.05) is 0 Å². The fourth-order valence-corrected chi connectivity index (χ4v) is 5.94. The molecule has 5 heterocycles. The summed E-state index contributed by atoms with van der Waals surface area (Å²) in [6.45, 7) is 3.00. The van der Waals surface area contributed by atoms with Gasteiger partial charge in [-0.05, 0) is 25.4 Å². The van der Waals surface area contributed by atoms with Crippen molar-refractivity contribution in [3.05, 3.63) is 41.5 Å². The van der Waals surface area contributed by atoms with Crippen LogP contribution in [0.1, 0.15) is 19.5 Å². The molecule has 1 saturated heterocycles. The number of carboxylic acids is 2. The van der Waals surface area contributed by atoms with E-state index in [0.29, 0.717) is 18.1 Å². The van der Waals surface area contributed by atoms with E-state index < -0.39 is 46.5 Å². The number of β-lactam (4-membered cyclic amide) rings is 1. The van der Waals surface area contributed by atoms with E-state index in [-0.39, 0.29) is 28.7 Å². The number of nitrogens with one attached hydrogen (secondary N) is 2. The third kappa shape index (κ3) is 5.00. The molecular weight excluding hydrogens is 566 g/mol. The number of hydrogen-bond acceptors (Lipinski definition) is 13. The van der Waals surface area contributed by atoms with Gasteiger partial charge in [0, 0.05) is 23.5 Å². The molecule has 15 nitrogen and oxygen atoms in total. The van der Waals surface area contributed by atoms with Crippen molar-refractivity contribution < 1.29 is 43.5 Å². The topological polar surface area (TPSA) is 212 Å². The van der Waals surface area contributed by atoms with Crippen molar-refractivity contribution in [3.63, 3.8) is 0 Å². The number of nitrogens with zero attached hydrogens (tertiary/aromatic N) is 4. The van der Waals surface area contributed by atoms with Gasteiger partial charge in [-0.3, -0.25) is 14.5 Å². The maximum atomic E-state index is 13.2. The number of anilines is 2. The van der Waals surface area contributed by atoms with Gasteiger partial charge in [-0.2, -0.15) is 8.94 Å². The van der Waals surface area contributed by atoms with E-state index in [1.165, 1.54) is 31.7 Å². The molecule has 0 aliphatic carbocycles. The van der Waals surface area contributed by atoms with Gasteiger partial charge in [-0.1, -0.05) is 5.16 Å². The Morgan fingerprint density at radius 3 is 2.90 bits per heavy atom. The number of rotatable bonds is 9. The zero-order valence-corrected chi connectivity index (χ0v) is 22.7. The lowest BCUT2D eigenvalue weighted by atomic mass is 10.0. The molecule has 0 radical (unpaired) electrons. The second kappa shape index (κ2) is 10.3. The minimum atomic E-state index is -1.76. The first-order valence-electron chi connectivity index (χ1n) is 11.8. The molecule has 17 heteroatoms. The Labute approximate surface area is 234 Å². The molecule has 5 rings (SSSR count). The smallest absolute Gasteiger partial charge is 0.350 e. The molecule has 2 amide bonds. The fourth-order valence-electron chi connectivity index (χ4n) is 4.09. The monoisotopic (exact) mass is 589 g/mol. The summed E-state index contributed by atoms with van der Waals surface area (Å²) in [4.78, 5) is 56.0. The molecule has 3 aliphatic rings. The zero-order valence-electron chi connectivity index (χ0n) is 21.1. The van der Waals surface area contributed by atoms with Gasteiger partial charge in [0.05, 0.1) is 17.4 Å². The highest BCUT2D eigenvalue weighted by Crippen LogP contribution is 2.40. The van der Waals surface area contributed by atoms with Crippen molar-refractivity contribution in [1.82, 2.24) is 14.6 Å². The van der Waals surface area contributed by atoms with Crippen LogP contribution in [-0.4, -0.2) is 73.3 Å². The van der Waals surface area contributed by atoms with Crippen molar-refractivity contribution in [1.29, 1.82) is 0 Å². The minimum absolute atomic E-state index is 0.0178. The standard InChI is InChI=1S/C23H23N7O8S2/c1-23(2,22(35)36)38-27-15(12-5-14(24)40-28-12)18(31)26-16-19(32)30-17(21(33)34)10(8-39-20(16)30)6-29-4-3-11-13(7-29)37-9-25-11/h3-5,7,16,20H,6,8-9H2,1-2H3,(H5,24,26,28,31,33,34,35,36)/t16?,20-/m1/s1. The quantitative estimate of drug-likeness (QED) is 0.113. The van der Waals surface area contributed by atoms with Crippen LogP contribution in [-0.2, 0) is 30.6 Å². The molecule has 3 aliphatic heterocycles. The van der Waals surface area contributed by atoms with Crippen LogP contribution in [0.5, 0.6) is 5.75 Å². The zero-order chi connectivity index (χ0) is 28.8. The van der Waals surface area contributed by atoms with Crippen molar-refractivity contribution in [3.8, 4) is 5.75 Å². The van der Waals surface area contributed by atoms with Gasteiger partial charge >= 0.3 is 5.97 Å². The first-order chi connectivity index (χ1) is 19.0. The summed E-state index contributed by atoms with van der Waals surface area (Å²) in [6.07, 6.45) is 3.49. The van der Waals surface area contributed by atoms with Gasteiger partial charge in [0.1, 0.15) is 22.1 Å². The van der Waals surface area contributed by atoms with Gasteiger partial charge in [0.2, 0.25) is 17.5 Å². The number of fused-ring (bicyclic) bond motifs is 2. The van der Waals surface area contributed by atoms with Crippen molar-refractivity contribution in [2.24, 2.45) is 5.16 Å². The molecule has 0 spiro atoms. The Balaban J connectivity index is 1.35. The molecular formula is C23H23N7O8S2. The summed E-state index contributed by atoms with van der Waals surface area (Å²) in [6, 6.07) is 2.07. The molecule has 1 unspecified atom stereocenters. The Bertz CT molecular complexity index is 1490. The third-order valence-corrected chi connectivity index (χ3v) is 8.19. The molecule has 0 aromatic carbocycles. The van der Waals surface area contributed by atoms with E-state index in [0.717, 1.165) is 22.1 Å². The van der Waals surface area contributed by atoms with Crippen molar-refractivity contribution >= 4 is 63.4 Å². The van der Waals surface area contributed by atoms with Crippen LogP contribution < -0.4 is 30.8 Å². The van der Waals surface area contributed by atoms with Crippen LogP contribution in [0.3, 0.4) is 0 Å². The molecule has 2 atom stereocenters. The van der Waals surface area contributed by atoms with E-state index in [4.69, 9.17) is 15.3 Å². The second-order valence-corrected chi connectivity index (χ2v) is 11.4. The summed E-state index contributed by atoms with van der Waals surface area (Å²) in [5.74, 6) is -3.49. The minimum Gasteiger partial charge on any atom is -0.543 e. The molecule has 1 fully saturated rings. The van der Waals surface area contributed by atoms with Crippen LogP contribution in [0.25, 0.3) is 0 Å². The van der Waals surface area contributed by atoms with Crippen LogP contribution in [0, 0.1) is 0 Å². The number of pyridine rings is 1. The highest BCUT2D eigenvalue weighted by atomic mass is 32.2. The number of carbonyl (C=O) groups excluding carboxylic acids is 3. The summed E-state index contributed by atoms with van der Waals surface area (Å²) in [5, 5.41) is 30.3. The second-order valence-electron chi connectivity index (χ2n) is 9.42. The largest absolute Gasteiger partial charge is 0.543 e. The number of thioether (sulfide) groups is 1. The average Bonchev–Trinajstić information content (AvgIpc) is 3.55. The number of amides is 2. The summed E-state index contributed by atoms with van der Waals surface area (Å²) < 4.78 is 11.3. The number of hydrogen-bond donors (Lipinski definition) is 4. The number of carboxylic acid groups (broad SMARTS) is 2. The summed E-state index contributed by atoms with van der Waals surface area (Å²) >= 11 is 2.16. The third-order valence-electron chi connectivity index (χ3n) is 6.24. The lowest BCUT2D eigenvalue weighted by Gasteiger charge is -2.50. The maximum Gasteiger partial charge on any atom is 0.350 e. The first kappa shape index (κ1) is 27.2. The Hall–Kier alpha value is -4.38. The Morgan fingerprint density at radius 1 is 1.45 bits per heavy atom. The number of nitrogen functional groups attached to an aromatic ring is 1. The van der Waals surface area contributed by atoms with E-state index in [1.54, 1.807) is 23.0 Å². The number of aromatic nitrogens is 2. The fraction of sp³-hybridized carbons (Fsp3) is 0.348. The van der Waals surface area contributed by atoms with E-state index in [2.05, 4.69) is 20.2 Å². The Morgan fingerprint density at radius 2 is 2.23 bits per heavy atom. The molecule has 2 aromatic rings. The van der Waals surface area contributed by atoms with Crippen LogP contribution in [0.4, 0.5) is 10.7 Å². The molecule has 210 valence electrons.